The fourth-order valence-corrected chi connectivity index (χ4v) is 4.28. The number of benzene rings is 1. The van der Waals surface area contributed by atoms with Gasteiger partial charge in [-0.2, -0.15) is 0 Å². The van der Waals surface area contributed by atoms with Gasteiger partial charge in [-0.15, -0.1) is 11.8 Å². The molecule has 1 nitrogen and oxygen atoms in total. The molecule has 112 valence electrons. The van der Waals surface area contributed by atoms with E-state index in [4.69, 9.17) is 0 Å². The van der Waals surface area contributed by atoms with Crippen molar-refractivity contribution in [2.24, 2.45) is 11.8 Å². The zero-order valence-electron chi connectivity index (χ0n) is 13.2. The minimum absolute atomic E-state index is 0.532. The van der Waals surface area contributed by atoms with E-state index in [0.29, 0.717) is 6.04 Å². The Bertz CT molecular complexity index is 387. The Morgan fingerprint density at radius 2 is 1.95 bits per heavy atom. The Hall–Kier alpha value is -0.470. The highest BCUT2D eigenvalue weighted by atomic mass is 32.2. The molecule has 0 aromatic heterocycles. The fourth-order valence-electron chi connectivity index (χ4n) is 3.62. The van der Waals surface area contributed by atoms with Crippen molar-refractivity contribution in [1.29, 1.82) is 0 Å². The van der Waals surface area contributed by atoms with Crippen molar-refractivity contribution < 1.29 is 0 Å². The van der Waals surface area contributed by atoms with Crippen molar-refractivity contribution in [2.45, 2.75) is 56.9 Å². The molecule has 3 atom stereocenters. The molecule has 0 spiro atoms. The van der Waals surface area contributed by atoms with Gasteiger partial charge in [-0.3, -0.25) is 0 Å². The summed E-state index contributed by atoms with van der Waals surface area (Å²) in [6, 6.07) is 9.76. The first-order valence-corrected chi connectivity index (χ1v) is 9.17. The topological polar surface area (TPSA) is 12.0 Å². The van der Waals surface area contributed by atoms with Crippen LogP contribution in [0.3, 0.4) is 0 Å². The van der Waals surface area contributed by atoms with E-state index in [1.165, 1.54) is 42.6 Å². The SMILES string of the molecule is CCSc1ccc(C(NC)C2CCCC(CC)C2)cc1. The van der Waals surface area contributed by atoms with Gasteiger partial charge >= 0.3 is 0 Å². The van der Waals surface area contributed by atoms with Crippen LogP contribution < -0.4 is 5.32 Å². The molecule has 0 aliphatic heterocycles. The monoisotopic (exact) mass is 291 g/mol. The van der Waals surface area contributed by atoms with E-state index in [2.05, 4.69) is 50.5 Å². The zero-order valence-corrected chi connectivity index (χ0v) is 14.0. The van der Waals surface area contributed by atoms with Gasteiger partial charge in [-0.05, 0) is 55.2 Å². The van der Waals surface area contributed by atoms with E-state index >= 15 is 0 Å². The summed E-state index contributed by atoms with van der Waals surface area (Å²) in [6.07, 6.45) is 6.97. The third-order valence-electron chi connectivity index (χ3n) is 4.73. The maximum absolute atomic E-state index is 3.58. The maximum Gasteiger partial charge on any atom is 0.0346 e. The highest BCUT2D eigenvalue weighted by Gasteiger charge is 2.27. The first-order chi connectivity index (χ1) is 9.78. The van der Waals surface area contributed by atoms with Crippen molar-refractivity contribution in [1.82, 2.24) is 5.32 Å². The number of nitrogens with one attached hydrogen (secondary N) is 1. The third-order valence-corrected chi connectivity index (χ3v) is 5.63. The van der Waals surface area contributed by atoms with Gasteiger partial charge in [0.2, 0.25) is 0 Å². The van der Waals surface area contributed by atoms with Crippen molar-refractivity contribution >= 4 is 11.8 Å². The van der Waals surface area contributed by atoms with Crippen LogP contribution in [0.5, 0.6) is 0 Å². The molecule has 1 aliphatic rings. The number of thioether (sulfide) groups is 1. The quantitative estimate of drug-likeness (QED) is 0.716. The highest BCUT2D eigenvalue weighted by Crippen LogP contribution is 2.38. The van der Waals surface area contributed by atoms with E-state index in [9.17, 15) is 0 Å². The molecule has 1 aromatic carbocycles. The van der Waals surface area contributed by atoms with Gasteiger partial charge < -0.3 is 5.32 Å². The molecule has 20 heavy (non-hydrogen) atoms. The van der Waals surface area contributed by atoms with Crippen molar-refractivity contribution in [3.8, 4) is 0 Å². The molecule has 0 radical (unpaired) electrons. The lowest BCUT2D eigenvalue weighted by atomic mass is 9.75. The maximum atomic E-state index is 3.58. The summed E-state index contributed by atoms with van der Waals surface area (Å²) in [5.74, 6) is 2.90. The van der Waals surface area contributed by atoms with Crippen LogP contribution in [-0.4, -0.2) is 12.8 Å². The summed E-state index contributed by atoms with van der Waals surface area (Å²) in [4.78, 5) is 1.39. The van der Waals surface area contributed by atoms with Crippen LogP contribution >= 0.6 is 11.8 Å². The van der Waals surface area contributed by atoms with Crippen LogP contribution in [0.4, 0.5) is 0 Å². The van der Waals surface area contributed by atoms with Crippen molar-refractivity contribution in [3.63, 3.8) is 0 Å². The molecule has 0 heterocycles. The smallest absolute Gasteiger partial charge is 0.0346 e. The van der Waals surface area contributed by atoms with E-state index < -0.39 is 0 Å². The Morgan fingerprint density at radius 3 is 2.55 bits per heavy atom. The van der Waals surface area contributed by atoms with E-state index in [-0.39, 0.29) is 0 Å². The lowest BCUT2D eigenvalue weighted by Crippen LogP contribution is -2.29. The average molecular weight is 292 g/mol. The van der Waals surface area contributed by atoms with Gasteiger partial charge in [0.1, 0.15) is 0 Å². The minimum atomic E-state index is 0.532. The molecule has 2 rings (SSSR count). The molecular formula is C18H29NS. The summed E-state index contributed by atoms with van der Waals surface area (Å²) in [7, 11) is 2.12. The van der Waals surface area contributed by atoms with Gasteiger partial charge in [0.25, 0.3) is 0 Å². The lowest BCUT2D eigenvalue weighted by molar-refractivity contribution is 0.214. The summed E-state index contributed by atoms with van der Waals surface area (Å²) in [5.41, 5.74) is 1.47. The van der Waals surface area contributed by atoms with Crippen LogP contribution in [0.25, 0.3) is 0 Å². The zero-order chi connectivity index (χ0) is 14.4. The second-order valence-electron chi connectivity index (χ2n) is 5.97. The summed E-state index contributed by atoms with van der Waals surface area (Å²) >= 11 is 1.92. The lowest BCUT2D eigenvalue weighted by Gasteiger charge is -2.34. The molecule has 2 heteroatoms. The standard InChI is InChI=1S/C18H29NS/c1-4-14-7-6-8-16(13-14)18(19-3)15-9-11-17(12-10-15)20-5-2/h9-12,14,16,18-19H,4-8,13H2,1-3H3. The van der Waals surface area contributed by atoms with Crippen molar-refractivity contribution in [2.75, 3.05) is 12.8 Å². The number of hydrogen-bond donors (Lipinski definition) is 1. The van der Waals surface area contributed by atoms with Crippen LogP contribution in [0, 0.1) is 11.8 Å². The van der Waals surface area contributed by atoms with Crippen LogP contribution in [0.2, 0.25) is 0 Å². The van der Waals surface area contributed by atoms with Crippen LogP contribution in [0.15, 0.2) is 29.2 Å². The summed E-state index contributed by atoms with van der Waals surface area (Å²) in [6.45, 7) is 4.56. The largest absolute Gasteiger partial charge is 0.313 e. The Kier molecular flexibility index (Phi) is 6.44. The second kappa shape index (κ2) is 8.09. The molecule has 1 aliphatic carbocycles. The number of rotatable bonds is 6. The molecule has 0 bridgehead atoms. The summed E-state index contributed by atoms with van der Waals surface area (Å²) in [5, 5.41) is 3.58. The average Bonchev–Trinajstić information content (AvgIpc) is 2.50. The third kappa shape index (κ3) is 4.02. The molecule has 1 aromatic rings. The predicted octanol–water partition coefficient (Wildman–Crippen LogP) is 5.28. The Balaban J connectivity index is 2.06. The molecule has 3 unspecified atom stereocenters. The van der Waals surface area contributed by atoms with Gasteiger partial charge in [0.05, 0.1) is 0 Å². The molecule has 1 fully saturated rings. The van der Waals surface area contributed by atoms with Crippen molar-refractivity contribution in [3.05, 3.63) is 29.8 Å². The Morgan fingerprint density at radius 1 is 1.20 bits per heavy atom. The van der Waals surface area contributed by atoms with Gasteiger partial charge in [-0.25, -0.2) is 0 Å². The molecule has 0 saturated heterocycles. The molecule has 1 saturated carbocycles. The molecule has 0 amide bonds. The predicted molar refractivity (Wildman–Crippen MR) is 90.4 cm³/mol. The highest BCUT2D eigenvalue weighted by molar-refractivity contribution is 7.99. The van der Waals surface area contributed by atoms with Gasteiger partial charge in [0, 0.05) is 10.9 Å². The van der Waals surface area contributed by atoms with E-state index in [0.717, 1.165) is 17.6 Å². The summed E-state index contributed by atoms with van der Waals surface area (Å²) < 4.78 is 0. The first-order valence-electron chi connectivity index (χ1n) is 8.18. The van der Waals surface area contributed by atoms with Crippen LogP contribution in [-0.2, 0) is 0 Å². The molecule has 1 N–H and O–H groups in total. The second-order valence-corrected chi connectivity index (χ2v) is 7.31. The molecular weight excluding hydrogens is 262 g/mol. The fraction of sp³-hybridized carbons (Fsp3) is 0.667. The Labute approximate surface area is 128 Å². The first kappa shape index (κ1) is 15.9. The van der Waals surface area contributed by atoms with Gasteiger partial charge in [-0.1, -0.05) is 45.2 Å². The van der Waals surface area contributed by atoms with Crippen LogP contribution in [0.1, 0.15) is 57.6 Å². The van der Waals surface area contributed by atoms with Gasteiger partial charge in [0.15, 0.2) is 0 Å². The number of hydrogen-bond acceptors (Lipinski definition) is 2. The minimum Gasteiger partial charge on any atom is -0.313 e. The van der Waals surface area contributed by atoms with E-state index in [1.54, 1.807) is 0 Å². The van der Waals surface area contributed by atoms with E-state index in [1.807, 2.05) is 11.8 Å². The normalized spacial score (nSPS) is 24.6.